The normalized spacial score (nSPS) is 13.8. The molecule has 0 spiro atoms. The van der Waals surface area contributed by atoms with Gasteiger partial charge >= 0.3 is 6.18 Å². The zero-order valence-corrected chi connectivity index (χ0v) is 14.7. The van der Waals surface area contributed by atoms with Crippen LogP contribution in [0.1, 0.15) is 23.6 Å². The van der Waals surface area contributed by atoms with Gasteiger partial charge in [0.1, 0.15) is 11.6 Å². The smallest absolute Gasteiger partial charge is 0.441 e. The molecule has 2 aromatic carbocycles. The van der Waals surface area contributed by atoms with Crippen LogP contribution in [0, 0.1) is 12.7 Å². The molecule has 0 bridgehead atoms. The van der Waals surface area contributed by atoms with Crippen molar-refractivity contribution < 1.29 is 22.3 Å². The van der Waals surface area contributed by atoms with Crippen LogP contribution >= 0.6 is 0 Å². The standard InChI is InChI=1S/C19H14F4N4O/c1-11-3-2-4-12(9-11)14-10-13(20)5-6-15(14)28-17-8-7-16-24-25-18(19(21,22)23)27(16)26-17/h2-6,9-10H,7-8H2,1H3. The third-order valence-electron chi connectivity index (χ3n) is 4.23. The molecule has 1 aliphatic heterocycles. The van der Waals surface area contributed by atoms with E-state index in [2.05, 4.69) is 15.3 Å². The molecule has 0 saturated carbocycles. The molecule has 1 aliphatic rings. The lowest BCUT2D eigenvalue weighted by Crippen LogP contribution is -2.22. The van der Waals surface area contributed by atoms with Crippen molar-refractivity contribution in [2.24, 2.45) is 5.10 Å². The Morgan fingerprint density at radius 1 is 1.04 bits per heavy atom. The average Bonchev–Trinajstić information content (AvgIpc) is 3.07. The summed E-state index contributed by atoms with van der Waals surface area (Å²) in [6.45, 7) is 1.90. The van der Waals surface area contributed by atoms with Crippen molar-refractivity contribution in [1.82, 2.24) is 14.9 Å². The van der Waals surface area contributed by atoms with E-state index in [-0.39, 0.29) is 24.6 Å². The van der Waals surface area contributed by atoms with Crippen molar-refractivity contribution in [2.75, 3.05) is 0 Å². The highest BCUT2D eigenvalue weighted by atomic mass is 19.4. The summed E-state index contributed by atoms with van der Waals surface area (Å²) in [5.41, 5.74) is 2.19. The molecule has 0 N–H and O–H groups in total. The molecule has 144 valence electrons. The van der Waals surface area contributed by atoms with E-state index in [1.165, 1.54) is 18.2 Å². The Labute approximate surface area is 157 Å². The maximum absolute atomic E-state index is 13.8. The van der Waals surface area contributed by atoms with Gasteiger partial charge in [-0.05, 0) is 30.7 Å². The third-order valence-corrected chi connectivity index (χ3v) is 4.23. The molecule has 9 heteroatoms. The summed E-state index contributed by atoms with van der Waals surface area (Å²) in [6, 6.07) is 11.4. The number of ether oxygens (including phenoxy) is 1. The lowest BCUT2D eigenvalue weighted by atomic mass is 10.0. The minimum absolute atomic E-state index is 0.0679. The summed E-state index contributed by atoms with van der Waals surface area (Å²) in [4.78, 5) is 0. The van der Waals surface area contributed by atoms with Crippen LogP contribution in [-0.4, -0.2) is 20.8 Å². The average molecular weight is 390 g/mol. The van der Waals surface area contributed by atoms with Crippen molar-refractivity contribution in [3.05, 3.63) is 65.5 Å². The van der Waals surface area contributed by atoms with E-state index < -0.39 is 17.8 Å². The number of alkyl halides is 3. The van der Waals surface area contributed by atoms with Crippen LogP contribution in [0.15, 0.2) is 47.6 Å². The first-order valence-electron chi connectivity index (χ1n) is 8.45. The number of benzene rings is 2. The van der Waals surface area contributed by atoms with Gasteiger partial charge in [0.2, 0.25) is 5.90 Å². The Morgan fingerprint density at radius 2 is 1.86 bits per heavy atom. The number of rotatable bonds is 2. The summed E-state index contributed by atoms with van der Waals surface area (Å²) in [5.74, 6) is -1.18. The number of hydrogen-bond donors (Lipinski definition) is 0. The lowest BCUT2D eigenvalue weighted by Gasteiger charge is -2.17. The number of aryl methyl sites for hydroxylation is 2. The Balaban J connectivity index is 1.72. The molecular weight excluding hydrogens is 376 g/mol. The molecule has 5 nitrogen and oxygen atoms in total. The molecule has 0 atom stereocenters. The monoisotopic (exact) mass is 390 g/mol. The largest absolute Gasteiger partial charge is 0.453 e. The molecule has 1 aromatic heterocycles. The molecule has 0 amide bonds. The Kier molecular flexibility index (Phi) is 4.37. The van der Waals surface area contributed by atoms with Crippen LogP contribution in [-0.2, 0) is 12.6 Å². The van der Waals surface area contributed by atoms with Crippen molar-refractivity contribution in [3.63, 3.8) is 0 Å². The van der Waals surface area contributed by atoms with Gasteiger partial charge in [0.05, 0.1) is 0 Å². The fourth-order valence-electron chi connectivity index (χ4n) is 2.96. The third kappa shape index (κ3) is 3.47. The second-order valence-corrected chi connectivity index (χ2v) is 6.36. The van der Waals surface area contributed by atoms with Gasteiger partial charge < -0.3 is 4.74 Å². The first-order chi connectivity index (χ1) is 13.3. The predicted molar refractivity (Wildman–Crippen MR) is 93.4 cm³/mol. The Hall–Kier alpha value is -3.23. The Bertz CT molecular complexity index is 1070. The van der Waals surface area contributed by atoms with Gasteiger partial charge in [-0.1, -0.05) is 29.8 Å². The predicted octanol–water partition coefficient (Wildman–Crippen LogP) is 4.60. The quantitative estimate of drug-likeness (QED) is 0.601. The molecule has 0 unspecified atom stereocenters. The molecule has 0 radical (unpaired) electrons. The highest BCUT2D eigenvalue weighted by Gasteiger charge is 2.39. The fraction of sp³-hybridized carbons (Fsp3) is 0.211. The molecular formula is C19H14F4N4O. The minimum atomic E-state index is -4.68. The van der Waals surface area contributed by atoms with E-state index in [1.54, 1.807) is 6.07 Å². The highest BCUT2D eigenvalue weighted by Crippen LogP contribution is 2.33. The van der Waals surface area contributed by atoms with Gasteiger partial charge in [-0.15, -0.1) is 15.3 Å². The lowest BCUT2D eigenvalue weighted by molar-refractivity contribution is -0.147. The van der Waals surface area contributed by atoms with Crippen molar-refractivity contribution in [1.29, 1.82) is 0 Å². The second kappa shape index (κ2) is 6.74. The summed E-state index contributed by atoms with van der Waals surface area (Å²) in [7, 11) is 0. The number of nitrogens with zero attached hydrogens (tertiary/aromatic N) is 4. The first kappa shape index (κ1) is 18.1. The van der Waals surface area contributed by atoms with Crippen molar-refractivity contribution in [3.8, 4) is 16.9 Å². The number of halogens is 4. The molecule has 4 rings (SSSR count). The summed E-state index contributed by atoms with van der Waals surface area (Å²) >= 11 is 0. The summed E-state index contributed by atoms with van der Waals surface area (Å²) in [5, 5.41) is 10.6. The number of fused-ring (bicyclic) bond motifs is 1. The maximum Gasteiger partial charge on any atom is 0.453 e. The zero-order valence-electron chi connectivity index (χ0n) is 14.7. The van der Waals surface area contributed by atoms with E-state index >= 15 is 0 Å². The van der Waals surface area contributed by atoms with E-state index in [4.69, 9.17) is 4.74 Å². The van der Waals surface area contributed by atoms with Crippen LogP contribution in [0.3, 0.4) is 0 Å². The highest BCUT2D eigenvalue weighted by molar-refractivity contribution is 5.82. The number of hydrogen-bond acceptors (Lipinski definition) is 4. The SMILES string of the molecule is Cc1cccc(-c2cc(F)ccc2OC2=Nn3c(nnc3C(F)(F)F)CC2)c1. The maximum atomic E-state index is 13.8. The van der Waals surface area contributed by atoms with Gasteiger partial charge in [0.15, 0.2) is 5.82 Å². The van der Waals surface area contributed by atoms with E-state index in [0.717, 1.165) is 11.1 Å². The van der Waals surface area contributed by atoms with Crippen molar-refractivity contribution in [2.45, 2.75) is 25.9 Å². The van der Waals surface area contributed by atoms with Crippen LogP contribution in [0.5, 0.6) is 5.75 Å². The first-order valence-corrected chi connectivity index (χ1v) is 8.45. The van der Waals surface area contributed by atoms with Crippen LogP contribution in [0.4, 0.5) is 17.6 Å². The zero-order chi connectivity index (χ0) is 19.9. The summed E-state index contributed by atoms with van der Waals surface area (Å²) in [6.07, 6.45) is -4.23. The topological polar surface area (TPSA) is 52.3 Å². The van der Waals surface area contributed by atoms with E-state index in [0.29, 0.717) is 16.0 Å². The molecule has 0 fully saturated rings. The minimum Gasteiger partial charge on any atom is -0.441 e. The number of aromatic nitrogens is 3. The van der Waals surface area contributed by atoms with Crippen LogP contribution in [0.2, 0.25) is 0 Å². The molecule has 3 aromatic rings. The fourth-order valence-corrected chi connectivity index (χ4v) is 2.96. The molecule has 0 saturated heterocycles. The van der Waals surface area contributed by atoms with Gasteiger partial charge in [-0.3, -0.25) is 0 Å². The van der Waals surface area contributed by atoms with Crippen molar-refractivity contribution >= 4 is 5.90 Å². The van der Waals surface area contributed by atoms with Gasteiger partial charge in [0.25, 0.3) is 5.82 Å². The van der Waals surface area contributed by atoms with E-state index in [1.807, 2.05) is 25.1 Å². The van der Waals surface area contributed by atoms with Crippen LogP contribution < -0.4 is 4.74 Å². The summed E-state index contributed by atoms with van der Waals surface area (Å²) < 4.78 is 59.4. The second-order valence-electron chi connectivity index (χ2n) is 6.36. The van der Waals surface area contributed by atoms with Gasteiger partial charge in [-0.25, -0.2) is 4.39 Å². The van der Waals surface area contributed by atoms with Crippen LogP contribution in [0.25, 0.3) is 11.1 Å². The van der Waals surface area contributed by atoms with Gasteiger partial charge in [0, 0.05) is 18.4 Å². The van der Waals surface area contributed by atoms with E-state index in [9.17, 15) is 17.6 Å². The molecule has 28 heavy (non-hydrogen) atoms. The molecule has 0 aliphatic carbocycles. The van der Waals surface area contributed by atoms with Gasteiger partial charge in [-0.2, -0.15) is 17.8 Å². The Morgan fingerprint density at radius 3 is 2.61 bits per heavy atom. The molecule has 2 heterocycles.